The monoisotopic (exact) mass is 515 g/mol. The van der Waals surface area contributed by atoms with Crippen molar-refractivity contribution in [3.8, 4) is 0 Å². The highest BCUT2D eigenvalue weighted by atomic mass is 32.2. The van der Waals surface area contributed by atoms with Gasteiger partial charge in [-0.05, 0) is 55.9 Å². The smallest absolute Gasteiger partial charge is 0.242 e. The maximum atomic E-state index is 13.3. The lowest BCUT2D eigenvalue weighted by Crippen LogP contribution is -2.49. The number of carbonyl (C=O) groups excluding carboxylic acids is 2. The summed E-state index contributed by atoms with van der Waals surface area (Å²) >= 11 is 0. The molecular weight excluding hydrogens is 474 g/mol. The zero-order valence-corrected chi connectivity index (χ0v) is 22.9. The highest BCUT2D eigenvalue weighted by Gasteiger charge is 2.26. The van der Waals surface area contributed by atoms with Gasteiger partial charge in [-0.2, -0.15) is 0 Å². The molecule has 0 saturated heterocycles. The number of nitrogens with one attached hydrogen (secondary N) is 1. The largest absolute Gasteiger partial charge is 0.354 e. The lowest BCUT2D eigenvalue weighted by molar-refractivity contribution is -0.139. The van der Waals surface area contributed by atoms with Gasteiger partial charge in [0.15, 0.2) is 0 Å². The topological polar surface area (TPSA) is 86.8 Å². The van der Waals surface area contributed by atoms with E-state index < -0.39 is 16.1 Å². The summed E-state index contributed by atoms with van der Waals surface area (Å²) in [7, 11) is -3.50. The number of aryl methyl sites for hydroxylation is 1. The van der Waals surface area contributed by atoms with Crippen molar-refractivity contribution in [1.82, 2.24) is 10.2 Å². The molecule has 0 heterocycles. The quantitative estimate of drug-likeness (QED) is 0.361. The zero-order chi connectivity index (χ0) is 26.6. The SMILES string of the molecule is CCCCNC(=O)[C@H](C)N(CCc1ccccc1)C(=O)CCCN(c1ccc(CC)cc1)S(C)(=O)=O. The first kappa shape index (κ1) is 29.4. The van der Waals surface area contributed by atoms with Gasteiger partial charge in [0.2, 0.25) is 21.8 Å². The Balaban J connectivity index is 2.08. The van der Waals surface area contributed by atoms with Gasteiger partial charge in [-0.3, -0.25) is 13.9 Å². The van der Waals surface area contributed by atoms with Gasteiger partial charge < -0.3 is 10.2 Å². The molecule has 2 aromatic carbocycles. The van der Waals surface area contributed by atoms with Crippen LogP contribution in [0.25, 0.3) is 0 Å². The molecule has 0 bridgehead atoms. The molecule has 36 heavy (non-hydrogen) atoms. The number of hydrogen-bond donors (Lipinski definition) is 1. The summed E-state index contributed by atoms with van der Waals surface area (Å²) in [6.07, 6.45) is 5.06. The van der Waals surface area contributed by atoms with Gasteiger partial charge in [-0.15, -0.1) is 0 Å². The number of benzene rings is 2. The molecule has 1 atom stereocenters. The zero-order valence-electron chi connectivity index (χ0n) is 22.1. The molecule has 0 aromatic heterocycles. The summed E-state index contributed by atoms with van der Waals surface area (Å²) in [5, 5.41) is 2.92. The summed E-state index contributed by atoms with van der Waals surface area (Å²) in [6.45, 7) is 7.05. The van der Waals surface area contributed by atoms with Crippen LogP contribution in [0.4, 0.5) is 5.69 Å². The van der Waals surface area contributed by atoms with Crippen LogP contribution in [0.1, 0.15) is 57.6 Å². The third-order valence-corrected chi connectivity index (χ3v) is 7.46. The molecule has 0 radical (unpaired) electrons. The van der Waals surface area contributed by atoms with Crippen molar-refractivity contribution in [1.29, 1.82) is 0 Å². The number of unbranched alkanes of at least 4 members (excludes halogenated alkanes) is 1. The Morgan fingerprint density at radius 2 is 1.58 bits per heavy atom. The second-order valence-corrected chi connectivity index (χ2v) is 11.0. The van der Waals surface area contributed by atoms with Gasteiger partial charge in [-0.1, -0.05) is 62.7 Å². The van der Waals surface area contributed by atoms with Crippen LogP contribution in [0.2, 0.25) is 0 Å². The highest BCUT2D eigenvalue weighted by molar-refractivity contribution is 7.92. The van der Waals surface area contributed by atoms with E-state index in [-0.39, 0.29) is 24.8 Å². The Morgan fingerprint density at radius 3 is 2.17 bits per heavy atom. The van der Waals surface area contributed by atoms with Gasteiger partial charge in [0.05, 0.1) is 11.9 Å². The minimum absolute atomic E-state index is 0.153. The minimum atomic E-state index is -3.50. The lowest BCUT2D eigenvalue weighted by atomic mass is 10.1. The van der Waals surface area contributed by atoms with E-state index in [4.69, 9.17) is 0 Å². The molecule has 0 fully saturated rings. The Bertz CT molecular complexity index is 1060. The first-order chi connectivity index (χ1) is 17.2. The first-order valence-corrected chi connectivity index (χ1v) is 14.7. The van der Waals surface area contributed by atoms with Crippen molar-refractivity contribution in [3.05, 3.63) is 65.7 Å². The molecule has 0 aliphatic carbocycles. The van der Waals surface area contributed by atoms with Crippen molar-refractivity contribution >= 4 is 27.5 Å². The molecule has 7 nitrogen and oxygen atoms in total. The van der Waals surface area contributed by atoms with Gasteiger partial charge in [0.1, 0.15) is 6.04 Å². The van der Waals surface area contributed by atoms with Gasteiger partial charge in [0.25, 0.3) is 0 Å². The fourth-order valence-corrected chi connectivity index (χ4v) is 4.97. The fourth-order valence-electron chi connectivity index (χ4n) is 4.01. The Morgan fingerprint density at radius 1 is 0.917 bits per heavy atom. The molecule has 0 aliphatic rings. The molecule has 2 rings (SSSR count). The molecule has 8 heteroatoms. The number of amides is 2. The summed E-state index contributed by atoms with van der Waals surface area (Å²) in [6, 6.07) is 16.7. The normalized spacial score (nSPS) is 12.1. The fraction of sp³-hybridized carbons (Fsp3) is 0.500. The number of sulfonamides is 1. The molecule has 198 valence electrons. The summed E-state index contributed by atoms with van der Waals surface area (Å²) in [5.74, 6) is -0.322. The molecular formula is C28H41N3O4S. The highest BCUT2D eigenvalue weighted by Crippen LogP contribution is 2.20. The van der Waals surface area contributed by atoms with Crippen LogP contribution in [0.3, 0.4) is 0 Å². The predicted octanol–water partition coefficient (Wildman–Crippen LogP) is 4.17. The average Bonchev–Trinajstić information content (AvgIpc) is 2.86. The standard InChI is InChI=1S/C28H41N3O4S/c1-5-7-20-29-28(33)23(3)30(22-19-25-12-9-8-10-13-25)27(32)14-11-21-31(36(4,34)35)26-17-15-24(6-2)16-18-26/h8-10,12-13,15-18,23H,5-7,11,14,19-22H2,1-4H3,(H,29,33)/t23-/m0/s1. The molecule has 0 unspecified atom stereocenters. The van der Waals surface area contributed by atoms with Crippen molar-refractivity contribution in [2.24, 2.45) is 0 Å². The van der Waals surface area contributed by atoms with E-state index in [0.717, 1.165) is 30.4 Å². The van der Waals surface area contributed by atoms with Gasteiger partial charge >= 0.3 is 0 Å². The van der Waals surface area contributed by atoms with Crippen LogP contribution in [-0.4, -0.2) is 57.1 Å². The van der Waals surface area contributed by atoms with E-state index in [1.165, 1.54) is 10.6 Å². The van der Waals surface area contributed by atoms with Crippen LogP contribution in [0.5, 0.6) is 0 Å². The molecule has 2 aromatic rings. The van der Waals surface area contributed by atoms with Crippen molar-refractivity contribution in [2.75, 3.05) is 30.2 Å². The number of nitrogens with zero attached hydrogens (tertiary/aromatic N) is 2. The number of hydrogen-bond acceptors (Lipinski definition) is 4. The van der Waals surface area contributed by atoms with Crippen LogP contribution in [0.15, 0.2) is 54.6 Å². The third-order valence-electron chi connectivity index (χ3n) is 6.27. The maximum absolute atomic E-state index is 13.3. The van der Waals surface area contributed by atoms with E-state index in [9.17, 15) is 18.0 Å². The Labute approximate surface area is 216 Å². The Hall–Kier alpha value is -2.87. The first-order valence-electron chi connectivity index (χ1n) is 12.8. The van der Waals surface area contributed by atoms with Crippen molar-refractivity contribution in [2.45, 2.75) is 65.3 Å². The van der Waals surface area contributed by atoms with Crippen LogP contribution >= 0.6 is 0 Å². The van der Waals surface area contributed by atoms with Crippen molar-refractivity contribution < 1.29 is 18.0 Å². The molecule has 2 amide bonds. The summed E-state index contributed by atoms with van der Waals surface area (Å²) in [5.41, 5.74) is 2.81. The summed E-state index contributed by atoms with van der Waals surface area (Å²) < 4.78 is 26.3. The van der Waals surface area contributed by atoms with Crippen LogP contribution in [-0.2, 0) is 32.5 Å². The van der Waals surface area contributed by atoms with E-state index in [2.05, 4.69) is 12.2 Å². The van der Waals surface area contributed by atoms with Gasteiger partial charge in [-0.25, -0.2) is 8.42 Å². The van der Waals surface area contributed by atoms with E-state index in [1.54, 1.807) is 24.0 Å². The predicted molar refractivity (Wildman–Crippen MR) is 146 cm³/mol. The number of carbonyl (C=O) groups is 2. The Kier molecular flexibility index (Phi) is 11.9. The number of anilines is 1. The second kappa shape index (κ2) is 14.6. The summed E-state index contributed by atoms with van der Waals surface area (Å²) in [4.78, 5) is 27.6. The van der Waals surface area contributed by atoms with Crippen molar-refractivity contribution in [3.63, 3.8) is 0 Å². The van der Waals surface area contributed by atoms with E-state index >= 15 is 0 Å². The van der Waals surface area contributed by atoms with E-state index in [1.807, 2.05) is 49.4 Å². The van der Waals surface area contributed by atoms with Gasteiger partial charge in [0, 0.05) is 26.1 Å². The second-order valence-electron chi connectivity index (χ2n) is 9.10. The molecule has 0 spiro atoms. The molecule has 0 saturated carbocycles. The number of rotatable bonds is 15. The third kappa shape index (κ3) is 9.30. The van der Waals surface area contributed by atoms with E-state index in [0.29, 0.717) is 31.6 Å². The van der Waals surface area contributed by atoms with Crippen LogP contribution in [0, 0.1) is 0 Å². The van der Waals surface area contributed by atoms with Crippen LogP contribution < -0.4 is 9.62 Å². The minimum Gasteiger partial charge on any atom is -0.354 e. The lowest BCUT2D eigenvalue weighted by Gasteiger charge is -2.29. The maximum Gasteiger partial charge on any atom is 0.242 e. The average molecular weight is 516 g/mol. The molecule has 0 aliphatic heterocycles. The molecule has 1 N–H and O–H groups in total.